The molecule has 2 N–H and O–H groups in total. The molecule has 236 valence electrons. The molecule has 0 spiro atoms. The van der Waals surface area contributed by atoms with Crippen molar-refractivity contribution >= 4 is 41.0 Å². The molecule has 0 aliphatic carbocycles. The van der Waals surface area contributed by atoms with E-state index in [1.54, 1.807) is 54.4 Å². The van der Waals surface area contributed by atoms with Gasteiger partial charge in [-0.2, -0.15) is 0 Å². The van der Waals surface area contributed by atoms with Crippen LogP contribution in [0.25, 0.3) is 0 Å². The summed E-state index contributed by atoms with van der Waals surface area (Å²) in [6.45, 7) is 2.42. The summed E-state index contributed by atoms with van der Waals surface area (Å²) in [7, 11) is 1.60. The molecule has 2 aliphatic rings. The van der Waals surface area contributed by atoms with E-state index in [2.05, 4.69) is 0 Å². The summed E-state index contributed by atoms with van der Waals surface area (Å²) in [6, 6.07) is 29.4. The summed E-state index contributed by atoms with van der Waals surface area (Å²) in [4.78, 5) is 42.1. The minimum atomic E-state index is -0.937. The van der Waals surface area contributed by atoms with Gasteiger partial charge in [0.25, 0.3) is 0 Å². The molecule has 6 rings (SSSR count). The Bertz CT molecular complexity index is 1750. The standard InChI is InChI=1S/C35H33N3O7S/c1-35(17-18-42-34(41)37(2)26-13-16-29-30(20-26)45-22-44-29)33(40)38(27-10-6-9-25(19-27)31(36)39)32(46-35)24-11-14-28(15-12-24)43-21-23-7-4-3-5-8-23/h3-16,19-20,32H,17-18,21-22H2,1-2H3,(H2,36,39)/t32-,35+/m0/s1. The molecule has 0 saturated carbocycles. The minimum absolute atomic E-state index is 0.0110. The Hall–Kier alpha value is -5.16. The van der Waals surface area contributed by atoms with Crippen molar-refractivity contribution < 1.29 is 33.3 Å². The molecule has 4 aromatic rings. The summed E-state index contributed by atoms with van der Waals surface area (Å²) in [5, 5.41) is -0.421. The van der Waals surface area contributed by atoms with Crippen molar-refractivity contribution in [2.45, 2.75) is 30.1 Å². The number of ether oxygens (including phenoxy) is 4. The molecule has 11 heteroatoms. The highest BCUT2D eigenvalue weighted by atomic mass is 32.2. The van der Waals surface area contributed by atoms with Crippen molar-refractivity contribution in [1.82, 2.24) is 0 Å². The van der Waals surface area contributed by atoms with Gasteiger partial charge in [-0.25, -0.2) is 4.79 Å². The van der Waals surface area contributed by atoms with Gasteiger partial charge in [0.2, 0.25) is 18.6 Å². The molecule has 46 heavy (non-hydrogen) atoms. The minimum Gasteiger partial charge on any atom is -0.489 e. The molecule has 1 saturated heterocycles. The topological polar surface area (TPSA) is 121 Å². The van der Waals surface area contributed by atoms with Gasteiger partial charge in [-0.3, -0.25) is 19.4 Å². The van der Waals surface area contributed by atoms with Crippen LogP contribution in [0.2, 0.25) is 0 Å². The van der Waals surface area contributed by atoms with E-state index in [1.165, 1.54) is 16.7 Å². The van der Waals surface area contributed by atoms with Crippen molar-refractivity contribution in [3.05, 3.63) is 114 Å². The number of hydrogen-bond acceptors (Lipinski definition) is 8. The zero-order valence-electron chi connectivity index (χ0n) is 25.4. The lowest BCUT2D eigenvalue weighted by Gasteiger charge is -2.25. The molecule has 2 atom stereocenters. The van der Waals surface area contributed by atoms with Crippen LogP contribution in [-0.2, 0) is 16.1 Å². The number of nitrogens with zero attached hydrogens (tertiary/aromatic N) is 2. The number of nitrogens with two attached hydrogens (primary N) is 1. The van der Waals surface area contributed by atoms with E-state index in [1.807, 2.05) is 61.5 Å². The fraction of sp³-hybridized carbons (Fsp3) is 0.229. The van der Waals surface area contributed by atoms with Crippen molar-refractivity contribution in [3.8, 4) is 17.2 Å². The average molecular weight is 640 g/mol. The second kappa shape index (κ2) is 13.1. The number of fused-ring (bicyclic) bond motifs is 1. The van der Waals surface area contributed by atoms with E-state index < -0.39 is 22.1 Å². The van der Waals surface area contributed by atoms with E-state index in [0.717, 1.165) is 11.1 Å². The molecule has 2 aliphatic heterocycles. The molecule has 1 fully saturated rings. The molecule has 0 unspecified atom stereocenters. The maximum atomic E-state index is 14.1. The Labute approximate surface area is 271 Å². The lowest BCUT2D eigenvalue weighted by atomic mass is 10.0. The SMILES string of the molecule is CN(C(=O)OCC[C@@]1(C)S[C@@H](c2ccc(OCc3ccccc3)cc2)N(c2cccc(C(N)=O)c2)C1=O)c1ccc2c(c1)OCO2. The molecule has 10 nitrogen and oxygen atoms in total. The largest absolute Gasteiger partial charge is 0.489 e. The van der Waals surface area contributed by atoms with E-state index in [-0.39, 0.29) is 25.7 Å². The molecule has 0 aromatic heterocycles. The van der Waals surface area contributed by atoms with Gasteiger partial charge < -0.3 is 24.7 Å². The molecule has 0 bridgehead atoms. The Morgan fingerprint density at radius 1 is 0.978 bits per heavy atom. The number of thioether (sulfide) groups is 1. The third-order valence-electron chi connectivity index (χ3n) is 7.92. The van der Waals surface area contributed by atoms with Crippen LogP contribution in [-0.4, -0.2) is 43.1 Å². The Morgan fingerprint density at radius 2 is 1.74 bits per heavy atom. The van der Waals surface area contributed by atoms with Gasteiger partial charge in [0.05, 0.1) is 17.0 Å². The normalized spacial score (nSPS) is 18.3. The quantitative estimate of drug-likeness (QED) is 0.215. The highest BCUT2D eigenvalue weighted by Gasteiger charge is 2.50. The first kappa shape index (κ1) is 30.8. The Morgan fingerprint density at radius 3 is 2.50 bits per heavy atom. The lowest BCUT2D eigenvalue weighted by molar-refractivity contribution is -0.120. The number of anilines is 2. The van der Waals surface area contributed by atoms with Gasteiger partial charge >= 0.3 is 6.09 Å². The number of benzene rings is 4. The molecule has 2 heterocycles. The molecule has 4 aromatic carbocycles. The van der Waals surface area contributed by atoms with E-state index in [4.69, 9.17) is 24.7 Å². The first-order chi connectivity index (χ1) is 22.2. The number of carbonyl (C=O) groups excluding carboxylic acids is 3. The van der Waals surface area contributed by atoms with Crippen LogP contribution in [0.3, 0.4) is 0 Å². The highest BCUT2D eigenvalue weighted by molar-refractivity contribution is 8.02. The van der Waals surface area contributed by atoms with Crippen molar-refractivity contribution in [2.24, 2.45) is 5.73 Å². The first-order valence-electron chi connectivity index (χ1n) is 14.7. The van der Waals surface area contributed by atoms with Gasteiger partial charge in [0.1, 0.15) is 17.7 Å². The van der Waals surface area contributed by atoms with Crippen molar-refractivity contribution in [1.29, 1.82) is 0 Å². The van der Waals surface area contributed by atoms with E-state index in [9.17, 15) is 14.4 Å². The summed E-state index contributed by atoms with van der Waals surface area (Å²) in [5.41, 5.74) is 8.93. The average Bonchev–Trinajstić information content (AvgIpc) is 3.65. The summed E-state index contributed by atoms with van der Waals surface area (Å²) in [6.07, 6.45) is -0.301. The van der Waals surface area contributed by atoms with Crippen LogP contribution in [0.15, 0.2) is 97.1 Å². The Kier molecular flexibility index (Phi) is 8.76. The van der Waals surface area contributed by atoms with Crippen molar-refractivity contribution in [3.63, 3.8) is 0 Å². The fourth-order valence-corrected chi connectivity index (χ4v) is 6.76. The van der Waals surface area contributed by atoms with Gasteiger partial charge in [0.15, 0.2) is 11.5 Å². The second-order valence-electron chi connectivity index (χ2n) is 11.1. The van der Waals surface area contributed by atoms with Gasteiger partial charge in [-0.05, 0) is 60.5 Å². The molecule has 0 radical (unpaired) electrons. The Balaban J connectivity index is 1.18. The fourth-order valence-electron chi connectivity index (χ4n) is 5.25. The van der Waals surface area contributed by atoms with Crippen LogP contribution in [0, 0.1) is 0 Å². The van der Waals surface area contributed by atoms with E-state index >= 15 is 0 Å². The zero-order valence-corrected chi connectivity index (χ0v) is 26.2. The maximum Gasteiger partial charge on any atom is 0.414 e. The van der Waals surface area contributed by atoms with Crippen LogP contribution >= 0.6 is 11.8 Å². The van der Waals surface area contributed by atoms with Crippen LogP contribution < -0.4 is 29.7 Å². The number of primary amides is 1. The maximum absolute atomic E-state index is 14.1. The van der Waals surface area contributed by atoms with Crippen molar-refractivity contribution in [2.75, 3.05) is 30.2 Å². The predicted octanol–water partition coefficient (Wildman–Crippen LogP) is 6.29. The van der Waals surface area contributed by atoms with Gasteiger partial charge in [-0.1, -0.05) is 48.5 Å². The van der Waals surface area contributed by atoms with E-state index in [0.29, 0.717) is 40.8 Å². The third-order valence-corrected chi connectivity index (χ3v) is 9.53. The lowest BCUT2D eigenvalue weighted by Crippen LogP contribution is -2.39. The summed E-state index contributed by atoms with van der Waals surface area (Å²) in [5.74, 6) is 1.11. The van der Waals surface area contributed by atoms with Gasteiger partial charge in [-0.15, -0.1) is 11.8 Å². The highest BCUT2D eigenvalue weighted by Crippen LogP contribution is 2.53. The third kappa shape index (κ3) is 6.45. The summed E-state index contributed by atoms with van der Waals surface area (Å²) < 4.78 is 21.4. The predicted molar refractivity (Wildman–Crippen MR) is 175 cm³/mol. The van der Waals surface area contributed by atoms with Crippen LogP contribution in [0.5, 0.6) is 17.2 Å². The summed E-state index contributed by atoms with van der Waals surface area (Å²) >= 11 is 1.46. The number of rotatable bonds is 10. The van der Waals surface area contributed by atoms with Crippen LogP contribution in [0.1, 0.15) is 40.2 Å². The molecule has 3 amide bonds. The first-order valence-corrected chi connectivity index (χ1v) is 15.6. The second-order valence-corrected chi connectivity index (χ2v) is 12.7. The number of carbonyl (C=O) groups is 3. The van der Waals surface area contributed by atoms with Gasteiger partial charge in [0, 0.05) is 30.8 Å². The molecular formula is C35H33N3O7S. The molecular weight excluding hydrogens is 606 g/mol. The zero-order chi connectivity index (χ0) is 32.3. The number of amides is 3. The number of hydrogen-bond donors (Lipinski definition) is 1. The monoisotopic (exact) mass is 639 g/mol. The van der Waals surface area contributed by atoms with Crippen LogP contribution in [0.4, 0.5) is 16.2 Å². The smallest absolute Gasteiger partial charge is 0.414 e.